The summed E-state index contributed by atoms with van der Waals surface area (Å²) in [6.45, 7) is 3.43. The topological polar surface area (TPSA) is 176 Å². The SMILES string of the molecule is CC(=Cc1ccc(O[C@H]2C[C@H](O)[C@@H](C(C)=CCOc3ccccc3Cl)O2)c(O)c1)C(=O)N[C@@H]1[C@H](O)[C@@H](O)[C@H]2OCO[C@H]2[C@@H]1O. The van der Waals surface area contributed by atoms with Crippen LogP contribution in [-0.2, 0) is 19.0 Å². The van der Waals surface area contributed by atoms with Crippen LogP contribution in [-0.4, -0.2) is 99.9 Å². The van der Waals surface area contributed by atoms with Crippen molar-refractivity contribution >= 4 is 23.6 Å². The molecule has 1 aliphatic carbocycles. The molecule has 2 aromatic rings. The van der Waals surface area contributed by atoms with Crippen molar-refractivity contribution in [2.45, 2.75) is 75.3 Å². The van der Waals surface area contributed by atoms with E-state index in [2.05, 4.69) is 5.32 Å². The summed E-state index contributed by atoms with van der Waals surface area (Å²) in [5.74, 6) is -0.134. The van der Waals surface area contributed by atoms with Crippen LogP contribution < -0.4 is 14.8 Å². The van der Waals surface area contributed by atoms with Crippen molar-refractivity contribution in [1.82, 2.24) is 5.32 Å². The smallest absolute Gasteiger partial charge is 0.247 e. The van der Waals surface area contributed by atoms with Crippen molar-refractivity contribution in [3.8, 4) is 17.2 Å². The summed E-state index contributed by atoms with van der Waals surface area (Å²) < 4.78 is 27.9. The maximum absolute atomic E-state index is 12.9. The molecule has 2 aliphatic heterocycles. The van der Waals surface area contributed by atoms with Crippen LogP contribution in [0.1, 0.15) is 25.8 Å². The van der Waals surface area contributed by atoms with Crippen molar-refractivity contribution < 1.29 is 54.0 Å². The Hall–Kier alpha value is -3.20. The Balaban J connectivity index is 1.16. The fourth-order valence-corrected chi connectivity index (χ4v) is 5.65. The van der Waals surface area contributed by atoms with Gasteiger partial charge in [-0.25, -0.2) is 0 Å². The van der Waals surface area contributed by atoms with Crippen molar-refractivity contribution in [2.24, 2.45) is 0 Å². The van der Waals surface area contributed by atoms with Gasteiger partial charge < -0.3 is 54.5 Å². The minimum atomic E-state index is -1.47. The average molecular weight is 634 g/mol. The minimum Gasteiger partial charge on any atom is -0.504 e. The van der Waals surface area contributed by atoms with E-state index in [0.717, 1.165) is 5.57 Å². The molecule has 9 atom stereocenters. The molecule has 3 fully saturated rings. The Bertz CT molecular complexity index is 1400. The number of hydrogen-bond donors (Lipinski definition) is 6. The fourth-order valence-electron chi connectivity index (χ4n) is 5.46. The molecule has 0 unspecified atom stereocenters. The lowest BCUT2D eigenvalue weighted by Gasteiger charge is -2.41. The second-order valence-corrected chi connectivity index (χ2v) is 11.4. The van der Waals surface area contributed by atoms with E-state index in [0.29, 0.717) is 16.3 Å². The number of para-hydroxylation sites is 1. The highest BCUT2D eigenvalue weighted by Crippen LogP contribution is 2.34. The summed E-state index contributed by atoms with van der Waals surface area (Å²) in [5.41, 5.74) is 1.44. The number of ether oxygens (including phenoxy) is 5. The average Bonchev–Trinajstić information content (AvgIpc) is 3.63. The Morgan fingerprint density at radius 1 is 1.02 bits per heavy atom. The molecule has 0 spiro atoms. The second-order valence-electron chi connectivity index (χ2n) is 11.0. The number of aliphatic hydroxyl groups is 4. The van der Waals surface area contributed by atoms with E-state index >= 15 is 0 Å². The number of benzene rings is 2. The Kier molecular flexibility index (Phi) is 10.1. The van der Waals surface area contributed by atoms with Crippen molar-refractivity contribution in [3.05, 3.63) is 70.3 Å². The molecular weight excluding hydrogens is 598 g/mol. The number of aromatic hydroxyl groups is 1. The summed E-state index contributed by atoms with van der Waals surface area (Å²) in [7, 11) is 0. The number of carbonyl (C=O) groups excluding carboxylic acids is 1. The molecule has 0 bridgehead atoms. The van der Waals surface area contributed by atoms with Crippen LogP contribution in [0.2, 0.25) is 5.02 Å². The van der Waals surface area contributed by atoms with Crippen LogP contribution in [0.15, 0.2) is 59.7 Å². The molecule has 2 heterocycles. The monoisotopic (exact) mass is 633 g/mol. The van der Waals surface area contributed by atoms with Crippen molar-refractivity contribution in [2.75, 3.05) is 13.4 Å². The van der Waals surface area contributed by atoms with E-state index in [-0.39, 0.29) is 36.9 Å². The molecule has 6 N–H and O–H groups in total. The molecule has 238 valence electrons. The molecule has 13 heteroatoms. The van der Waals surface area contributed by atoms with Gasteiger partial charge in [-0.1, -0.05) is 29.8 Å². The highest BCUT2D eigenvalue weighted by Gasteiger charge is 2.53. The molecule has 3 aliphatic rings. The summed E-state index contributed by atoms with van der Waals surface area (Å²) in [6, 6.07) is 10.5. The van der Waals surface area contributed by atoms with E-state index in [1.165, 1.54) is 25.1 Å². The first-order valence-electron chi connectivity index (χ1n) is 14.2. The van der Waals surface area contributed by atoms with Crippen LogP contribution in [0.5, 0.6) is 17.2 Å². The van der Waals surface area contributed by atoms with Crippen LogP contribution >= 0.6 is 11.6 Å². The van der Waals surface area contributed by atoms with Gasteiger partial charge in [0.1, 0.15) is 55.8 Å². The van der Waals surface area contributed by atoms with Gasteiger partial charge in [-0.05, 0) is 61.4 Å². The molecule has 5 rings (SSSR count). The van der Waals surface area contributed by atoms with Crippen molar-refractivity contribution in [1.29, 1.82) is 0 Å². The Morgan fingerprint density at radius 3 is 2.48 bits per heavy atom. The number of fused-ring (bicyclic) bond motifs is 1. The van der Waals surface area contributed by atoms with E-state index in [1.807, 2.05) is 19.1 Å². The largest absolute Gasteiger partial charge is 0.504 e. The lowest BCUT2D eigenvalue weighted by Crippen LogP contribution is -2.67. The molecule has 1 saturated carbocycles. The van der Waals surface area contributed by atoms with Gasteiger partial charge in [0.2, 0.25) is 12.2 Å². The van der Waals surface area contributed by atoms with E-state index in [9.17, 15) is 30.3 Å². The minimum absolute atomic E-state index is 0.126. The maximum Gasteiger partial charge on any atom is 0.247 e. The van der Waals surface area contributed by atoms with Gasteiger partial charge in [-0.15, -0.1) is 0 Å². The number of nitrogens with one attached hydrogen (secondary N) is 1. The van der Waals surface area contributed by atoms with Crippen LogP contribution in [0.4, 0.5) is 0 Å². The number of phenolic OH excluding ortho intramolecular Hbond substituents is 1. The molecule has 44 heavy (non-hydrogen) atoms. The zero-order valence-electron chi connectivity index (χ0n) is 24.1. The number of amides is 1. The lowest BCUT2D eigenvalue weighted by atomic mass is 9.83. The highest BCUT2D eigenvalue weighted by atomic mass is 35.5. The fraction of sp³-hybridized carbons (Fsp3) is 0.452. The van der Waals surface area contributed by atoms with Gasteiger partial charge in [0, 0.05) is 12.0 Å². The molecule has 1 amide bonds. The van der Waals surface area contributed by atoms with Gasteiger partial charge in [0.05, 0.1) is 17.2 Å². The molecule has 12 nitrogen and oxygen atoms in total. The highest BCUT2D eigenvalue weighted by molar-refractivity contribution is 6.32. The zero-order valence-corrected chi connectivity index (χ0v) is 24.8. The molecular formula is C31H36ClNO11. The maximum atomic E-state index is 12.9. The predicted octanol–water partition coefficient (Wildman–Crippen LogP) is 1.65. The number of carbonyl (C=O) groups is 1. The van der Waals surface area contributed by atoms with Gasteiger partial charge >= 0.3 is 0 Å². The molecule has 0 aromatic heterocycles. The number of rotatable bonds is 9. The first-order chi connectivity index (χ1) is 21.0. The van der Waals surface area contributed by atoms with Crippen molar-refractivity contribution in [3.63, 3.8) is 0 Å². The number of hydrogen-bond acceptors (Lipinski definition) is 11. The summed E-state index contributed by atoms with van der Waals surface area (Å²) in [4.78, 5) is 12.9. The van der Waals surface area contributed by atoms with Gasteiger partial charge in [0.15, 0.2) is 11.5 Å². The Labute approximate surface area is 259 Å². The number of aliphatic hydroxyl groups excluding tert-OH is 4. The third-order valence-corrected chi connectivity index (χ3v) is 8.21. The van der Waals surface area contributed by atoms with E-state index < -0.39 is 61.0 Å². The number of halogens is 1. The van der Waals surface area contributed by atoms with Crippen LogP contribution in [0, 0.1) is 0 Å². The number of phenols is 1. The van der Waals surface area contributed by atoms with Gasteiger partial charge in [-0.2, -0.15) is 0 Å². The Morgan fingerprint density at radius 2 is 1.75 bits per heavy atom. The zero-order chi connectivity index (χ0) is 31.5. The third-order valence-electron chi connectivity index (χ3n) is 7.90. The summed E-state index contributed by atoms with van der Waals surface area (Å²) in [6.07, 6.45) is -4.70. The molecule has 2 aromatic carbocycles. The summed E-state index contributed by atoms with van der Waals surface area (Å²) in [5, 5.41) is 55.6. The lowest BCUT2D eigenvalue weighted by molar-refractivity contribution is -0.155. The van der Waals surface area contributed by atoms with Gasteiger partial charge in [0.25, 0.3) is 0 Å². The standard InChI is InChI=1S/C31H36ClNO11/c1-15(9-10-40-21-6-4-3-5-18(21)32)28-20(35)13-23(44-28)43-22-8-7-17(12-19(22)34)11-16(2)31(39)33-24-25(36)27(38)30-29(26(24)37)41-14-42-30/h3-9,11-12,20,23-30,34-38H,10,13-14H2,1-2H3,(H,33,39)/t20-,23+,24+,25-,26+,27+,28+,29-,30+/m0/s1. The summed E-state index contributed by atoms with van der Waals surface area (Å²) >= 11 is 6.11. The molecule has 2 saturated heterocycles. The predicted molar refractivity (Wildman–Crippen MR) is 157 cm³/mol. The van der Waals surface area contributed by atoms with E-state index in [4.69, 9.17) is 35.3 Å². The second kappa shape index (κ2) is 13.8. The van der Waals surface area contributed by atoms with E-state index in [1.54, 1.807) is 24.3 Å². The van der Waals surface area contributed by atoms with Gasteiger partial charge in [-0.3, -0.25) is 4.79 Å². The first kappa shape index (κ1) is 32.2. The normalized spacial score (nSPS) is 32.3. The molecule has 0 radical (unpaired) electrons. The van der Waals surface area contributed by atoms with Crippen LogP contribution in [0.3, 0.4) is 0 Å². The quantitative estimate of drug-likeness (QED) is 0.175. The van der Waals surface area contributed by atoms with Crippen LogP contribution in [0.25, 0.3) is 6.08 Å². The first-order valence-corrected chi connectivity index (χ1v) is 14.5. The third kappa shape index (κ3) is 7.03.